The van der Waals surface area contributed by atoms with Gasteiger partial charge in [-0.05, 0) is 24.6 Å². The van der Waals surface area contributed by atoms with Gasteiger partial charge in [-0.1, -0.05) is 16.8 Å². The molecule has 5 nitrogen and oxygen atoms in total. The van der Waals surface area contributed by atoms with Crippen molar-refractivity contribution in [2.75, 3.05) is 6.54 Å². The van der Waals surface area contributed by atoms with Crippen molar-refractivity contribution in [2.45, 2.75) is 13.0 Å². The zero-order valence-electron chi connectivity index (χ0n) is 10.0. The van der Waals surface area contributed by atoms with E-state index in [9.17, 15) is 9.18 Å². The Bertz CT molecular complexity index is 559. The molecule has 1 amide bonds. The van der Waals surface area contributed by atoms with Crippen molar-refractivity contribution in [2.24, 2.45) is 0 Å². The van der Waals surface area contributed by atoms with Crippen LogP contribution in [0.2, 0.25) is 5.02 Å². The number of halogens is 2. The predicted octanol–water partition coefficient (Wildman–Crippen LogP) is 1.89. The van der Waals surface area contributed by atoms with E-state index in [1.54, 1.807) is 17.1 Å². The van der Waals surface area contributed by atoms with Gasteiger partial charge in [-0.25, -0.2) is 4.39 Å². The molecule has 0 unspecified atom stereocenters. The molecule has 0 saturated heterocycles. The third-order valence-electron chi connectivity index (χ3n) is 2.49. The molecule has 2 aromatic rings. The quantitative estimate of drug-likeness (QED) is 0.852. The molecule has 1 aromatic carbocycles. The number of hydrogen-bond acceptors (Lipinski definition) is 3. The number of nitrogens with one attached hydrogen (secondary N) is 1. The molecule has 0 spiro atoms. The number of nitrogens with zero attached hydrogens (tertiary/aromatic N) is 3. The van der Waals surface area contributed by atoms with Crippen LogP contribution in [0.5, 0.6) is 0 Å². The summed E-state index contributed by atoms with van der Waals surface area (Å²) < 4.78 is 15.1. The lowest BCUT2D eigenvalue weighted by Gasteiger charge is -2.06. The van der Waals surface area contributed by atoms with Crippen LogP contribution in [0.4, 0.5) is 4.39 Å². The average molecular weight is 283 g/mol. The zero-order chi connectivity index (χ0) is 13.7. The molecular weight excluding hydrogens is 271 g/mol. The Morgan fingerprint density at radius 2 is 2.32 bits per heavy atom. The summed E-state index contributed by atoms with van der Waals surface area (Å²) in [7, 11) is 0. The molecule has 100 valence electrons. The van der Waals surface area contributed by atoms with Crippen molar-refractivity contribution < 1.29 is 9.18 Å². The maximum atomic E-state index is 13.4. The van der Waals surface area contributed by atoms with E-state index in [-0.39, 0.29) is 5.56 Å². The van der Waals surface area contributed by atoms with Crippen LogP contribution in [0.1, 0.15) is 16.8 Å². The van der Waals surface area contributed by atoms with Crippen molar-refractivity contribution in [1.82, 2.24) is 20.3 Å². The van der Waals surface area contributed by atoms with Crippen molar-refractivity contribution >= 4 is 17.5 Å². The largest absolute Gasteiger partial charge is 0.352 e. The molecule has 1 heterocycles. The first-order chi connectivity index (χ1) is 9.16. The normalized spacial score (nSPS) is 10.4. The molecule has 0 atom stereocenters. The molecule has 19 heavy (non-hydrogen) atoms. The van der Waals surface area contributed by atoms with Crippen LogP contribution in [0.3, 0.4) is 0 Å². The second kappa shape index (κ2) is 6.29. The Balaban J connectivity index is 1.82. The molecule has 1 N–H and O–H groups in total. The first kappa shape index (κ1) is 13.5. The van der Waals surface area contributed by atoms with E-state index in [2.05, 4.69) is 15.6 Å². The summed E-state index contributed by atoms with van der Waals surface area (Å²) in [6.45, 7) is 1.06. The summed E-state index contributed by atoms with van der Waals surface area (Å²) in [5.41, 5.74) is -0.0479. The Morgan fingerprint density at radius 3 is 3.05 bits per heavy atom. The lowest BCUT2D eigenvalue weighted by atomic mass is 10.2. The molecule has 0 bridgehead atoms. The first-order valence-electron chi connectivity index (χ1n) is 5.74. The number of benzene rings is 1. The van der Waals surface area contributed by atoms with Crippen LogP contribution in [0.15, 0.2) is 30.6 Å². The lowest BCUT2D eigenvalue weighted by Crippen LogP contribution is -2.26. The summed E-state index contributed by atoms with van der Waals surface area (Å²) in [4.78, 5) is 11.7. The fraction of sp³-hybridized carbons (Fsp3) is 0.250. The van der Waals surface area contributed by atoms with Gasteiger partial charge >= 0.3 is 0 Å². The maximum Gasteiger partial charge on any atom is 0.254 e. The van der Waals surface area contributed by atoms with Crippen LogP contribution in [0, 0.1) is 5.82 Å². The monoisotopic (exact) mass is 282 g/mol. The summed E-state index contributed by atoms with van der Waals surface area (Å²) in [5, 5.41) is 10.4. The minimum Gasteiger partial charge on any atom is -0.352 e. The van der Waals surface area contributed by atoms with Gasteiger partial charge in [0.15, 0.2) is 0 Å². The number of amides is 1. The molecular formula is C12H12ClFN4O. The van der Waals surface area contributed by atoms with Crippen LogP contribution in [-0.2, 0) is 6.54 Å². The van der Waals surface area contributed by atoms with Gasteiger partial charge < -0.3 is 5.32 Å². The van der Waals surface area contributed by atoms with E-state index >= 15 is 0 Å². The standard InChI is InChI=1S/C12H12ClFN4O/c13-9-2-3-11(14)10(8-9)12(19)15-4-1-6-18-7-5-16-17-18/h2-3,5,7-8H,1,4,6H2,(H,15,19). The van der Waals surface area contributed by atoms with Crippen LogP contribution >= 0.6 is 11.6 Å². The number of rotatable bonds is 5. The zero-order valence-corrected chi connectivity index (χ0v) is 10.8. The number of hydrogen-bond donors (Lipinski definition) is 1. The van der Waals surface area contributed by atoms with Gasteiger partial charge in [-0.15, -0.1) is 5.10 Å². The number of aryl methyl sites for hydroxylation is 1. The number of aromatic nitrogens is 3. The van der Waals surface area contributed by atoms with E-state index in [4.69, 9.17) is 11.6 Å². The van der Waals surface area contributed by atoms with Crippen molar-refractivity contribution in [3.05, 3.63) is 47.0 Å². The third kappa shape index (κ3) is 3.75. The third-order valence-corrected chi connectivity index (χ3v) is 2.73. The fourth-order valence-electron chi connectivity index (χ4n) is 1.56. The van der Waals surface area contributed by atoms with E-state index in [0.29, 0.717) is 24.5 Å². The van der Waals surface area contributed by atoms with Crippen LogP contribution in [-0.4, -0.2) is 27.4 Å². The van der Waals surface area contributed by atoms with Gasteiger partial charge in [0, 0.05) is 24.3 Å². The fourth-order valence-corrected chi connectivity index (χ4v) is 1.73. The van der Waals surface area contributed by atoms with E-state index in [1.165, 1.54) is 18.2 Å². The molecule has 7 heteroatoms. The smallest absolute Gasteiger partial charge is 0.254 e. The van der Waals surface area contributed by atoms with E-state index in [1.807, 2.05) is 0 Å². The second-order valence-corrected chi connectivity index (χ2v) is 4.34. The molecule has 1 aromatic heterocycles. The van der Waals surface area contributed by atoms with Gasteiger partial charge in [0.2, 0.25) is 0 Å². The Hall–Kier alpha value is -1.95. The minimum atomic E-state index is -0.585. The van der Waals surface area contributed by atoms with Crippen molar-refractivity contribution in [1.29, 1.82) is 0 Å². The average Bonchev–Trinajstić information content (AvgIpc) is 2.90. The van der Waals surface area contributed by atoms with Crippen molar-refractivity contribution in [3.63, 3.8) is 0 Å². The van der Waals surface area contributed by atoms with Gasteiger partial charge in [0.25, 0.3) is 5.91 Å². The summed E-state index contributed by atoms with van der Waals surface area (Å²) in [6, 6.07) is 3.88. The maximum absolute atomic E-state index is 13.4. The SMILES string of the molecule is O=C(NCCCn1ccnn1)c1cc(Cl)ccc1F. The Kier molecular flexibility index (Phi) is 4.46. The highest BCUT2D eigenvalue weighted by Crippen LogP contribution is 2.14. The second-order valence-electron chi connectivity index (χ2n) is 3.90. The highest BCUT2D eigenvalue weighted by atomic mass is 35.5. The topological polar surface area (TPSA) is 59.8 Å². The van der Waals surface area contributed by atoms with Crippen LogP contribution < -0.4 is 5.32 Å². The highest BCUT2D eigenvalue weighted by Gasteiger charge is 2.11. The summed E-state index contributed by atoms with van der Waals surface area (Å²) in [5.74, 6) is -1.06. The molecule has 0 radical (unpaired) electrons. The lowest BCUT2D eigenvalue weighted by molar-refractivity contribution is 0.0948. The van der Waals surface area contributed by atoms with Gasteiger partial charge in [-0.2, -0.15) is 0 Å². The molecule has 0 aliphatic rings. The van der Waals surface area contributed by atoms with Gasteiger partial charge in [0.1, 0.15) is 5.82 Å². The first-order valence-corrected chi connectivity index (χ1v) is 6.12. The molecule has 2 rings (SSSR count). The molecule has 0 aliphatic heterocycles. The summed E-state index contributed by atoms with van der Waals surface area (Å²) in [6.07, 6.45) is 4.00. The van der Waals surface area contributed by atoms with Crippen LogP contribution in [0.25, 0.3) is 0 Å². The predicted molar refractivity (Wildman–Crippen MR) is 68.4 cm³/mol. The molecule has 0 fully saturated rings. The Labute approximate surface area is 114 Å². The highest BCUT2D eigenvalue weighted by molar-refractivity contribution is 6.30. The molecule has 0 saturated carbocycles. The van der Waals surface area contributed by atoms with E-state index in [0.717, 1.165) is 0 Å². The summed E-state index contributed by atoms with van der Waals surface area (Å²) >= 11 is 5.72. The van der Waals surface area contributed by atoms with Crippen molar-refractivity contribution in [3.8, 4) is 0 Å². The number of carbonyl (C=O) groups is 1. The van der Waals surface area contributed by atoms with E-state index < -0.39 is 11.7 Å². The Morgan fingerprint density at radius 1 is 1.47 bits per heavy atom. The molecule has 0 aliphatic carbocycles. The number of carbonyl (C=O) groups excluding carboxylic acids is 1. The van der Waals surface area contributed by atoms with Gasteiger partial charge in [0.05, 0.1) is 11.8 Å². The minimum absolute atomic E-state index is 0.0479. The van der Waals surface area contributed by atoms with Gasteiger partial charge in [-0.3, -0.25) is 9.48 Å².